The molecule has 0 spiro atoms. The largest absolute Gasteiger partial charge is 0.296 e. The lowest BCUT2D eigenvalue weighted by atomic mass is 10.2. The summed E-state index contributed by atoms with van der Waals surface area (Å²) in [5.41, 5.74) is 0.965. The summed E-state index contributed by atoms with van der Waals surface area (Å²) in [6.07, 6.45) is 3.48. The Bertz CT molecular complexity index is 363. The van der Waals surface area contributed by atoms with E-state index in [1.54, 1.807) is 26.3 Å². The molecule has 3 heteroatoms. The van der Waals surface area contributed by atoms with Gasteiger partial charge in [0, 0.05) is 23.7 Å². The molecule has 0 aliphatic rings. The fourth-order valence-electron chi connectivity index (χ4n) is 0.992. The van der Waals surface area contributed by atoms with Crippen LogP contribution in [0.5, 0.6) is 0 Å². The molecular formula is C10H11NOS. The topological polar surface area (TPSA) is 29.4 Å². The molecule has 13 heavy (non-hydrogen) atoms. The third-order valence-corrected chi connectivity index (χ3v) is 2.84. The number of nitrogens with zero attached hydrogens (tertiary/aromatic N) is 1. The molecule has 0 N–H and O–H groups in total. The molecule has 1 heterocycles. The van der Waals surface area contributed by atoms with Crippen molar-refractivity contribution in [2.24, 2.45) is 4.99 Å². The van der Waals surface area contributed by atoms with Gasteiger partial charge in [-0.3, -0.25) is 9.79 Å². The molecule has 0 aliphatic carbocycles. The van der Waals surface area contributed by atoms with Crippen LogP contribution in [0.1, 0.15) is 27.0 Å². The Morgan fingerprint density at radius 3 is 2.85 bits per heavy atom. The maximum atomic E-state index is 11.1. The summed E-state index contributed by atoms with van der Waals surface area (Å²) in [7, 11) is 1.71. The van der Waals surface area contributed by atoms with Crippen LogP contribution in [0.25, 0.3) is 6.08 Å². The predicted molar refractivity (Wildman–Crippen MR) is 57.9 cm³/mol. The Hall–Kier alpha value is -1.22. The van der Waals surface area contributed by atoms with Gasteiger partial charge in [-0.05, 0) is 13.0 Å². The molecule has 0 unspecified atom stereocenters. The first-order valence-corrected chi connectivity index (χ1v) is 4.70. The van der Waals surface area contributed by atoms with Crippen LogP contribution in [0.4, 0.5) is 0 Å². The highest BCUT2D eigenvalue weighted by molar-refractivity contribution is 7.15. The number of carbonyl (C=O) groups is 1. The number of carbonyl (C=O) groups excluding carboxylic acids is 1. The van der Waals surface area contributed by atoms with Crippen molar-refractivity contribution in [2.45, 2.75) is 6.92 Å². The number of rotatable bonds is 3. The first-order chi connectivity index (χ1) is 6.19. The fourth-order valence-corrected chi connectivity index (χ4v) is 1.87. The molecule has 0 fully saturated rings. The highest BCUT2D eigenvalue weighted by atomic mass is 32.1. The zero-order valence-electron chi connectivity index (χ0n) is 7.70. The third-order valence-electron chi connectivity index (χ3n) is 1.59. The van der Waals surface area contributed by atoms with Crippen molar-refractivity contribution in [3.8, 4) is 0 Å². The first-order valence-electron chi connectivity index (χ1n) is 3.88. The summed E-state index contributed by atoms with van der Waals surface area (Å²) in [5, 5.41) is 0. The smallest absolute Gasteiger partial charge is 0.169 e. The fraction of sp³-hybridized carbons (Fsp3) is 0.200. The molecule has 0 bridgehead atoms. The second-order valence-corrected chi connectivity index (χ2v) is 3.66. The van der Waals surface area contributed by atoms with Gasteiger partial charge in [0.25, 0.3) is 0 Å². The second-order valence-electron chi connectivity index (χ2n) is 2.58. The van der Waals surface area contributed by atoms with Gasteiger partial charge in [0.1, 0.15) is 0 Å². The molecule has 0 radical (unpaired) electrons. The lowest BCUT2D eigenvalue weighted by Crippen LogP contribution is -1.84. The van der Waals surface area contributed by atoms with Gasteiger partial charge in [-0.1, -0.05) is 12.7 Å². The van der Waals surface area contributed by atoms with Crippen molar-refractivity contribution >= 4 is 29.4 Å². The molecule has 0 saturated heterocycles. The molecule has 1 aromatic rings. The van der Waals surface area contributed by atoms with Gasteiger partial charge in [0.15, 0.2) is 5.78 Å². The van der Waals surface area contributed by atoms with Crippen LogP contribution in [0.3, 0.4) is 0 Å². The predicted octanol–water partition coefficient (Wildman–Crippen LogP) is 2.64. The standard InChI is InChI=1S/C10H11NOS/c1-4-9-8(6-11-3)5-10(13-9)7(2)12/h4-6H,1H2,2-3H3. The van der Waals surface area contributed by atoms with E-state index in [1.807, 2.05) is 6.07 Å². The van der Waals surface area contributed by atoms with Crippen LogP contribution in [-0.2, 0) is 0 Å². The van der Waals surface area contributed by atoms with E-state index in [0.29, 0.717) is 0 Å². The van der Waals surface area contributed by atoms with E-state index in [1.165, 1.54) is 11.3 Å². The maximum Gasteiger partial charge on any atom is 0.169 e. The number of aliphatic imine (C=N–C) groups is 1. The molecular weight excluding hydrogens is 182 g/mol. The lowest BCUT2D eigenvalue weighted by Gasteiger charge is -1.85. The van der Waals surface area contributed by atoms with E-state index in [4.69, 9.17) is 0 Å². The summed E-state index contributed by atoms with van der Waals surface area (Å²) < 4.78 is 0. The SMILES string of the molecule is C=Cc1sc(C(C)=O)cc1C=NC. The number of ketones is 1. The Morgan fingerprint density at radius 2 is 2.38 bits per heavy atom. The number of Topliss-reactive ketones (excluding diaryl/α,β-unsaturated/α-hetero) is 1. The Morgan fingerprint density at radius 1 is 1.69 bits per heavy atom. The van der Waals surface area contributed by atoms with E-state index < -0.39 is 0 Å². The summed E-state index contributed by atoms with van der Waals surface area (Å²) in [4.78, 5) is 16.7. The molecule has 0 aromatic carbocycles. The monoisotopic (exact) mass is 193 g/mol. The minimum Gasteiger partial charge on any atom is -0.296 e. The zero-order chi connectivity index (χ0) is 9.84. The normalized spacial score (nSPS) is 10.6. The van der Waals surface area contributed by atoms with Crippen molar-refractivity contribution in [1.29, 1.82) is 0 Å². The van der Waals surface area contributed by atoms with E-state index >= 15 is 0 Å². The van der Waals surface area contributed by atoms with E-state index in [0.717, 1.165) is 15.3 Å². The zero-order valence-corrected chi connectivity index (χ0v) is 8.52. The number of thiophene rings is 1. The van der Waals surface area contributed by atoms with E-state index in [2.05, 4.69) is 11.6 Å². The van der Waals surface area contributed by atoms with Crippen molar-refractivity contribution in [1.82, 2.24) is 0 Å². The number of hydrogen-bond acceptors (Lipinski definition) is 3. The minimum atomic E-state index is 0.0869. The van der Waals surface area contributed by atoms with Gasteiger partial charge in [-0.2, -0.15) is 0 Å². The Balaban J connectivity index is 3.18. The van der Waals surface area contributed by atoms with Crippen molar-refractivity contribution in [3.63, 3.8) is 0 Å². The summed E-state index contributed by atoms with van der Waals surface area (Å²) in [6.45, 7) is 5.25. The van der Waals surface area contributed by atoms with Gasteiger partial charge >= 0.3 is 0 Å². The molecule has 2 nitrogen and oxygen atoms in total. The summed E-state index contributed by atoms with van der Waals surface area (Å²) in [6, 6.07) is 1.84. The molecule has 1 aromatic heterocycles. The molecule has 0 atom stereocenters. The highest BCUT2D eigenvalue weighted by Crippen LogP contribution is 2.22. The molecule has 0 aliphatic heterocycles. The molecule has 1 rings (SSSR count). The van der Waals surface area contributed by atoms with Crippen molar-refractivity contribution in [2.75, 3.05) is 7.05 Å². The van der Waals surface area contributed by atoms with Crippen LogP contribution in [0, 0.1) is 0 Å². The first kappa shape index (κ1) is 9.86. The van der Waals surface area contributed by atoms with E-state index in [-0.39, 0.29) is 5.78 Å². The van der Waals surface area contributed by atoms with Crippen LogP contribution < -0.4 is 0 Å². The van der Waals surface area contributed by atoms with Crippen LogP contribution in [0.15, 0.2) is 17.6 Å². The van der Waals surface area contributed by atoms with Gasteiger partial charge < -0.3 is 0 Å². The van der Waals surface area contributed by atoms with Gasteiger partial charge in [-0.15, -0.1) is 11.3 Å². The highest BCUT2D eigenvalue weighted by Gasteiger charge is 2.07. The Labute approximate surface area is 81.6 Å². The van der Waals surface area contributed by atoms with Crippen LogP contribution in [-0.4, -0.2) is 19.0 Å². The minimum absolute atomic E-state index is 0.0869. The average Bonchev–Trinajstić information content (AvgIpc) is 2.48. The summed E-state index contributed by atoms with van der Waals surface area (Å²) >= 11 is 1.45. The maximum absolute atomic E-state index is 11.1. The lowest BCUT2D eigenvalue weighted by molar-refractivity contribution is 0.102. The molecule has 68 valence electrons. The van der Waals surface area contributed by atoms with Gasteiger partial charge in [0.05, 0.1) is 4.88 Å². The second kappa shape index (κ2) is 4.14. The van der Waals surface area contributed by atoms with Gasteiger partial charge in [0.2, 0.25) is 0 Å². The van der Waals surface area contributed by atoms with Crippen molar-refractivity contribution < 1.29 is 4.79 Å². The number of hydrogen-bond donors (Lipinski definition) is 0. The molecule has 0 saturated carbocycles. The third kappa shape index (κ3) is 2.12. The van der Waals surface area contributed by atoms with Crippen LogP contribution >= 0.6 is 11.3 Å². The quantitative estimate of drug-likeness (QED) is 0.536. The van der Waals surface area contributed by atoms with Crippen LogP contribution in [0.2, 0.25) is 0 Å². The van der Waals surface area contributed by atoms with Crippen molar-refractivity contribution in [3.05, 3.63) is 28.0 Å². The summed E-state index contributed by atoms with van der Waals surface area (Å²) in [5.74, 6) is 0.0869. The van der Waals surface area contributed by atoms with E-state index in [9.17, 15) is 4.79 Å². The van der Waals surface area contributed by atoms with Gasteiger partial charge in [-0.25, -0.2) is 0 Å². The average molecular weight is 193 g/mol. The molecule has 0 amide bonds. The Kier molecular flexibility index (Phi) is 3.14.